The van der Waals surface area contributed by atoms with E-state index in [4.69, 9.17) is 9.47 Å². The van der Waals surface area contributed by atoms with Gasteiger partial charge in [0.15, 0.2) is 9.84 Å². The van der Waals surface area contributed by atoms with E-state index in [9.17, 15) is 18.1 Å². The molecular weight excluding hydrogens is 522 g/mol. The maximum absolute atomic E-state index is 11.9. The summed E-state index contributed by atoms with van der Waals surface area (Å²) < 4.78 is 51.1. The Morgan fingerprint density at radius 2 is 1.63 bits per heavy atom. The van der Waals surface area contributed by atoms with Crippen LogP contribution in [0.5, 0.6) is 17.4 Å². The third kappa shape index (κ3) is 6.01. The first-order valence-corrected chi connectivity index (χ1v) is 15.3. The topological polar surface area (TPSA) is 109 Å². The molecule has 7 nitrogen and oxygen atoms in total. The summed E-state index contributed by atoms with van der Waals surface area (Å²) in [4.78, 5) is 0.468. The van der Waals surface area contributed by atoms with Gasteiger partial charge in [-0.3, -0.25) is 0 Å². The van der Waals surface area contributed by atoms with Crippen LogP contribution in [-0.4, -0.2) is 40.1 Å². The number of nitrogens with zero attached hydrogens (tertiary/aromatic N) is 1. The first-order valence-electron chi connectivity index (χ1n) is 12.4. The van der Waals surface area contributed by atoms with Crippen LogP contribution in [0.25, 0.3) is 21.6 Å². The zero-order chi connectivity index (χ0) is 26.9. The summed E-state index contributed by atoms with van der Waals surface area (Å²) in [5.41, 5.74) is 6.14. The predicted octanol–water partition coefficient (Wildman–Crippen LogP) is 6.00. The second kappa shape index (κ2) is 10.8. The Labute approximate surface area is 225 Å². The molecule has 3 aromatic carbocycles. The summed E-state index contributed by atoms with van der Waals surface area (Å²) in [7, 11) is -4.50. The van der Waals surface area contributed by atoms with E-state index in [1.165, 1.54) is 6.07 Å². The van der Waals surface area contributed by atoms with Gasteiger partial charge in [0, 0.05) is 9.94 Å². The average molecular weight is 552 g/mol. The van der Waals surface area contributed by atoms with Crippen LogP contribution in [0.15, 0.2) is 66.7 Å². The van der Waals surface area contributed by atoms with E-state index in [-0.39, 0.29) is 23.5 Å². The molecule has 198 valence electrons. The summed E-state index contributed by atoms with van der Waals surface area (Å²) in [6, 6.07) is 20.9. The van der Waals surface area contributed by atoms with Crippen LogP contribution in [0.4, 0.5) is 0 Å². The van der Waals surface area contributed by atoms with Gasteiger partial charge in [0.25, 0.3) is 5.88 Å². The van der Waals surface area contributed by atoms with Crippen LogP contribution < -0.4 is 9.47 Å². The second-order valence-electron chi connectivity index (χ2n) is 9.62. The van der Waals surface area contributed by atoms with Crippen molar-refractivity contribution in [3.63, 3.8) is 0 Å². The SMILES string of the molecule is Cc1cc(OC2CCS(=O)(=O)CC2)cc(C)c1-c1cccc(COc2ccc(-c3cc(O)n[s+]3[O-])cc2)c1. The molecule has 0 aliphatic carbocycles. The van der Waals surface area contributed by atoms with Crippen molar-refractivity contribution < 1.29 is 27.6 Å². The van der Waals surface area contributed by atoms with Gasteiger partial charge < -0.3 is 19.1 Å². The zero-order valence-corrected chi connectivity index (χ0v) is 22.8. The smallest absolute Gasteiger partial charge is 0.270 e. The minimum absolute atomic E-state index is 0.0739. The first-order chi connectivity index (χ1) is 18.2. The highest BCUT2D eigenvalue weighted by molar-refractivity contribution is 7.91. The fourth-order valence-corrected chi connectivity index (χ4v) is 7.15. The van der Waals surface area contributed by atoms with Gasteiger partial charge in [-0.2, -0.15) is 0 Å². The fourth-order valence-electron chi connectivity index (χ4n) is 4.84. The number of sulfone groups is 1. The molecule has 1 aromatic heterocycles. The van der Waals surface area contributed by atoms with E-state index >= 15 is 0 Å². The number of ether oxygens (including phenoxy) is 2. The van der Waals surface area contributed by atoms with Gasteiger partial charge in [-0.1, -0.05) is 18.2 Å². The molecule has 1 N–H and O–H groups in total. The highest BCUT2D eigenvalue weighted by Crippen LogP contribution is 2.35. The molecule has 0 saturated carbocycles. The Bertz CT molecular complexity index is 1520. The van der Waals surface area contributed by atoms with Gasteiger partial charge >= 0.3 is 0 Å². The first kappa shape index (κ1) is 26.2. The lowest BCUT2D eigenvalue weighted by molar-refractivity contribution is 0.189. The van der Waals surface area contributed by atoms with E-state index in [0.29, 0.717) is 30.1 Å². The van der Waals surface area contributed by atoms with Crippen molar-refractivity contribution in [2.24, 2.45) is 0 Å². The van der Waals surface area contributed by atoms with Crippen molar-refractivity contribution in [3.8, 4) is 38.9 Å². The van der Waals surface area contributed by atoms with Gasteiger partial charge in [0.2, 0.25) is 4.88 Å². The Morgan fingerprint density at radius 3 is 2.26 bits per heavy atom. The zero-order valence-electron chi connectivity index (χ0n) is 21.2. The lowest BCUT2D eigenvalue weighted by Gasteiger charge is -2.24. The molecule has 38 heavy (non-hydrogen) atoms. The van der Waals surface area contributed by atoms with Crippen molar-refractivity contribution in [1.29, 1.82) is 0 Å². The number of benzene rings is 3. The molecule has 9 heteroatoms. The quantitative estimate of drug-likeness (QED) is 0.281. The number of rotatable bonds is 7. The minimum Gasteiger partial charge on any atom is -0.568 e. The predicted molar refractivity (Wildman–Crippen MR) is 148 cm³/mol. The van der Waals surface area contributed by atoms with E-state index in [2.05, 4.69) is 30.4 Å². The molecular formula is C29H29NO6S2. The highest BCUT2D eigenvalue weighted by atomic mass is 32.2. The average Bonchev–Trinajstić information content (AvgIpc) is 3.22. The van der Waals surface area contributed by atoms with E-state index in [0.717, 1.165) is 39.1 Å². The summed E-state index contributed by atoms with van der Waals surface area (Å²) in [5, 5.41) is 9.46. The minimum atomic E-state index is -2.92. The molecule has 0 radical (unpaired) electrons. The third-order valence-corrected chi connectivity index (χ3v) is 9.49. The standard InChI is InChI=1S/C29H29NO6S2/c1-19-14-26(36-25-10-12-38(33,34)13-11-25)15-20(2)29(19)23-5-3-4-21(16-23)18-35-24-8-6-22(7-9-24)27-17-28(31)30-37(27)32/h3-9,14-17,25H,10-13,18H2,1-2H3,(H,30,31). The summed E-state index contributed by atoms with van der Waals surface area (Å²) in [6.07, 6.45) is 0.986. The Kier molecular flexibility index (Phi) is 7.43. The van der Waals surface area contributed by atoms with Crippen LogP contribution in [0.2, 0.25) is 0 Å². The third-order valence-electron chi connectivity index (χ3n) is 6.70. The van der Waals surface area contributed by atoms with Crippen molar-refractivity contribution in [1.82, 2.24) is 4.37 Å². The largest absolute Gasteiger partial charge is 0.568 e. The Balaban J connectivity index is 1.26. The van der Waals surface area contributed by atoms with Gasteiger partial charge in [0.05, 0.1) is 28.5 Å². The van der Waals surface area contributed by atoms with Gasteiger partial charge in [-0.25, -0.2) is 8.42 Å². The van der Waals surface area contributed by atoms with Crippen molar-refractivity contribution in [2.45, 2.75) is 39.4 Å². The molecule has 0 spiro atoms. The van der Waals surface area contributed by atoms with Crippen molar-refractivity contribution in [3.05, 3.63) is 83.4 Å². The van der Waals surface area contributed by atoms with Gasteiger partial charge in [-0.05, 0) is 97.0 Å². The van der Waals surface area contributed by atoms with Crippen LogP contribution in [0.1, 0.15) is 29.5 Å². The Hall–Kier alpha value is -3.40. The number of aromatic hydroxyl groups is 1. The van der Waals surface area contributed by atoms with Gasteiger partial charge in [-0.15, -0.1) is 0 Å². The maximum Gasteiger partial charge on any atom is 0.270 e. The van der Waals surface area contributed by atoms with E-state index < -0.39 is 20.8 Å². The van der Waals surface area contributed by atoms with Crippen LogP contribution in [0.3, 0.4) is 0 Å². The molecule has 1 fully saturated rings. The van der Waals surface area contributed by atoms with Crippen LogP contribution in [-0.2, 0) is 16.4 Å². The van der Waals surface area contributed by atoms with E-state index in [1.54, 1.807) is 24.3 Å². The normalized spacial score (nSPS) is 15.8. The number of hydrogen-bond acceptors (Lipinski definition) is 7. The van der Waals surface area contributed by atoms with Crippen molar-refractivity contribution >= 4 is 20.8 Å². The molecule has 1 aliphatic heterocycles. The lowest BCUT2D eigenvalue weighted by Crippen LogP contribution is -2.30. The second-order valence-corrected chi connectivity index (χ2v) is 13.0. The van der Waals surface area contributed by atoms with Crippen LogP contribution >= 0.6 is 10.9 Å². The summed E-state index contributed by atoms with van der Waals surface area (Å²) in [5.74, 6) is 1.59. The maximum atomic E-state index is 11.9. The highest BCUT2D eigenvalue weighted by Gasteiger charge is 2.25. The van der Waals surface area contributed by atoms with E-state index in [1.807, 2.05) is 24.3 Å². The number of aryl methyl sites for hydroxylation is 2. The molecule has 0 bridgehead atoms. The lowest BCUT2D eigenvalue weighted by atomic mass is 9.94. The Morgan fingerprint density at radius 1 is 0.947 bits per heavy atom. The molecule has 1 aliphatic rings. The monoisotopic (exact) mass is 551 g/mol. The molecule has 4 aromatic rings. The molecule has 5 rings (SSSR count). The van der Waals surface area contributed by atoms with Crippen molar-refractivity contribution in [2.75, 3.05) is 11.5 Å². The number of aromatic nitrogens is 1. The molecule has 1 atom stereocenters. The summed E-state index contributed by atoms with van der Waals surface area (Å²) in [6.45, 7) is 4.50. The number of hydrogen-bond donors (Lipinski definition) is 1. The molecule has 2 heterocycles. The van der Waals surface area contributed by atoms with Gasteiger partial charge in [0.1, 0.15) is 24.2 Å². The molecule has 1 unspecified atom stereocenters. The molecule has 1 saturated heterocycles. The molecule has 0 amide bonds. The summed E-state index contributed by atoms with van der Waals surface area (Å²) >= 11 is 0. The fraction of sp³-hybridized carbons (Fsp3) is 0.276. The van der Waals surface area contributed by atoms with Crippen LogP contribution in [0, 0.1) is 13.8 Å².